The van der Waals surface area contributed by atoms with Gasteiger partial charge in [0.15, 0.2) is 0 Å². The minimum absolute atomic E-state index is 0.0962. The van der Waals surface area contributed by atoms with Crippen LogP contribution in [0.3, 0.4) is 0 Å². The number of nitrogens with zero attached hydrogens (tertiary/aromatic N) is 3. The molecule has 0 radical (unpaired) electrons. The molecule has 198 valence electrons. The van der Waals surface area contributed by atoms with Crippen LogP contribution in [0, 0.1) is 12.7 Å². The summed E-state index contributed by atoms with van der Waals surface area (Å²) in [5.41, 5.74) is 1.24. The Morgan fingerprint density at radius 3 is 2.37 bits per heavy atom. The molecule has 2 aliphatic heterocycles. The molecular weight excluding hydrogens is 505 g/mol. The molecule has 1 saturated heterocycles. The van der Waals surface area contributed by atoms with Crippen molar-refractivity contribution in [1.29, 1.82) is 0 Å². The van der Waals surface area contributed by atoms with Crippen LogP contribution in [0.5, 0.6) is 0 Å². The Bertz CT molecular complexity index is 1350. The topological polar surface area (TPSA) is 79.8 Å². The number of benzene rings is 2. The van der Waals surface area contributed by atoms with Crippen molar-refractivity contribution in [1.82, 2.24) is 14.8 Å². The molecular formula is C29H30FN3O4S. The van der Waals surface area contributed by atoms with E-state index in [1.165, 1.54) is 28.4 Å². The second kappa shape index (κ2) is 10.4. The van der Waals surface area contributed by atoms with Gasteiger partial charge >= 0.3 is 0 Å². The van der Waals surface area contributed by atoms with Crippen LogP contribution >= 0.6 is 11.3 Å². The van der Waals surface area contributed by atoms with Gasteiger partial charge in [0.25, 0.3) is 17.7 Å². The smallest absolute Gasteiger partial charge is 0.274 e. The number of carbonyl (C=O) groups excluding carboxylic acids is 3. The standard InChI is InChI=1S/C29H30FN3O4S/c1-4-29(37-5-2)15-14-21(16-32-26(34)22-8-6-7-9-23(22)27(32)35)33(17-29)28(36)24-25(38-18(3)31-24)19-10-12-20(30)13-11-19/h6-13,21H,4-5,14-17H2,1-3H3. The third kappa shape index (κ3) is 4.65. The van der Waals surface area contributed by atoms with Gasteiger partial charge in [0, 0.05) is 13.2 Å². The molecule has 2 aromatic carbocycles. The molecule has 3 aromatic rings. The van der Waals surface area contributed by atoms with Crippen molar-refractivity contribution in [3.8, 4) is 10.4 Å². The summed E-state index contributed by atoms with van der Waals surface area (Å²) in [6.45, 7) is 6.74. The van der Waals surface area contributed by atoms with Crippen molar-refractivity contribution in [2.75, 3.05) is 19.7 Å². The zero-order valence-electron chi connectivity index (χ0n) is 21.7. The van der Waals surface area contributed by atoms with Crippen LogP contribution in [0.2, 0.25) is 0 Å². The van der Waals surface area contributed by atoms with Crippen molar-refractivity contribution < 1.29 is 23.5 Å². The van der Waals surface area contributed by atoms with Gasteiger partial charge in [-0.3, -0.25) is 19.3 Å². The van der Waals surface area contributed by atoms with Crippen molar-refractivity contribution in [2.45, 2.75) is 51.7 Å². The number of carbonyl (C=O) groups is 3. The van der Waals surface area contributed by atoms with Gasteiger partial charge in [-0.25, -0.2) is 9.37 Å². The van der Waals surface area contributed by atoms with E-state index < -0.39 is 11.6 Å². The van der Waals surface area contributed by atoms with E-state index in [1.54, 1.807) is 41.3 Å². The molecule has 7 nitrogen and oxygen atoms in total. The Hall–Kier alpha value is -3.43. The largest absolute Gasteiger partial charge is 0.373 e. The quantitative estimate of drug-likeness (QED) is 0.382. The Morgan fingerprint density at radius 2 is 1.76 bits per heavy atom. The van der Waals surface area contributed by atoms with Gasteiger partial charge in [-0.1, -0.05) is 31.2 Å². The number of aryl methyl sites for hydroxylation is 1. The van der Waals surface area contributed by atoms with Crippen LogP contribution in [-0.2, 0) is 4.74 Å². The van der Waals surface area contributed by atoms with Crippen LogP contribution < -0.4 is 0 Å². The van der Waals surface area contributed by atoms with Gasteiger partial charge in [0.2, 0.25) is 0 Å². The molecule has 3 heterocycles. The average molecular weight is 536 g/mol. The van der Waals surface area contributed by atoms with Gasteiger partial charge in [-0.15, -0.1) is 11.3 Å². The Labute approximate surface area is 225 Å². The maximum Gasteiger partial charge on any atom is 0.274 e. The number of imide groups is 1. The monoisotopic (exact) mass is 535 g/mol. The zero-order valence-corrected chi connectivity index (χ0v) is 22.5. The summed E-state index contributed by atoms with van der Waals surface area (Å²) in [4.78, 5) is 48.7. The molecule has 2 unspecified atom stereocenters. The number of aromatic nitrogens is 1. The maximum absolute atomic E-state index is 14.2. The van der Waals surface area contributed by atoms with E-state index in [-0.39, 0.29) is 35.8 Å². The first-order chi connectivity index (χ1) is 18.3. The second-order valence-electron chi connectivity index (χ2n) is 9.78. The number of thiazole rings is 1. The van der Waals surface area contributed by atoms with Crippen LogP contribution in [0.4, 0.5) is 4.39 Å². The fourth-order valence-corrected chi connectivity index (χ4v) is 6.38. The first-order valence-corrected chi connectivity index (χ1v) is 13.7. The molecule has 3 amide bonds. The van der Waals surface area contributed by atoms with Crippen molar-refractivity contribution >= 4 is 29.1 Å². The zero-order chi connectivity index (χ0) is 27.0. The summed E-state index contributed by atoms with van der Waals surface area (Å²) in [7, 11) is 0. The molecule has 2 aliphatic rings. The summed E-state index contributed by atoms with van der Waals surface area (Å²) in [6.07, 6.45) is 1.99. The van der Waals surface area contributed by atoms with E-state index in [1.807, 2.05) is 20.8 Å². The minimum Gasteiger partial charge on any atom is -0.373 e. The Balaban J connectivity index is 1.50. The van der Waals surface area contributed by atoms with Crippen LogP contribution in [0.1, 0.15) is 69.3 Å². The molecule has 2 atom stereocenters. The number of likely N-dealkylation sites (tertiary alicyclic amines) is 1. The van der Waals surface area contributed by atoms with E-state index in [0.717, 1.165) is 0 Å². The maximum atomic E-state index is 14.2. The molecule has 0 N–H and O–H groups in total. The number of amides is 3. The lowest BCUT2D eigenvalue weighted by Crippen LogP contribution is -2.59. The molecule has 9 heteroatoms. The molecule has 0 bridgehead atoms. The van der Waals surface area contributed by atoms with Crippen molar-refractivity contribution in [2.24, 2.45) is 0 Å². The lowest BCUT2D eigenvalue weighted by molar-refractivity contribution is -0.0940. The van der Waals surface area contributed by atoms with E-state index >= 15 is 0 Å². The number of fused-ring (bicyclic) bond motifs is 1. The highest BCUT2D eigenvalue weighted by molar-refractivity contribution is 7.15. The predicted octanol–water partition coefficient (Wildman–Crippen LogP) is 5.34. The summed E-state index contributed by atoms with van der Waals surface area (Å²) in [5, 5.41) is 0.716. The van der Waals surface area contributed by atoms with E-state index in [2.05, 4.69) is 4.98 Å². The highest BCUT2D eigenvalue weighted by Gasteiger charge is 2.45. The number of ether oxygens (including phenoxy) is 1. The lowest BCUT2D eigenvalue weighted by Gasteiger charge is -2.47. The number of halogens is 1. The highest BCUT2D eigenvalue weighted by Crippen LogP contribution is 2.37. The molecule has 0 spiro atoms. The van der Waals surface area contributed by atoms with E-state index in [0.29, 0.717) is 59.0 Å². The molecule has 0 saturated carbocycles. The fourth-order valence-electron chi connectivity index (χ4n) is 5.47. The molecule has 1 aromatic heterocycles. The van der Waals surface area contributed by atoms with Gasteiger partial charge < -0.3 is 9.64 Å². The third-order valence-corrected chi connectivity index (χ3v) is 8.52. The van der Waals surface area contributed by atoms with Gasteiger partial charge in [-0.05, 0) is 62.9 Å². The number of rotatable bonds is 7. The summed E-state index contributed by atoms with van der Waals surface area (Å²) < 4.78 is 19.8. The fraction of sp³-hybridized carbons (Fsp3) is 0.379. The first-order valence-electron chi connectivity index (χ1n) is 12.9. The second-order valence-corrected chi connectivity index (χ2v) is 11.0. The molecule has 0 aliphatic carbocycles. The molecule has 38 heavy (non-hydrogen) atoms. The van der Waals surface area contributed by atoms with Crippen LogP contribution in [-0.4, -0.2) is 63.8 Å². The number of hydrogen-bond donors (Lipinski definition) is 0. The first kappa shape index (κ1) is 26.2. The van der Waals surface area contributed by atoms with Crippen molar-refractivity contribution in [3.05, 3.63) is 76.2 Å². The minimum atomic E-state index is -0.524. The third-order valence-electron chi connectivity index (χ3n) is 7.50. The van der Waals surface area contributed by atoms with Gasteiger partial charge in [0.1, 0.15) is 11.5 Å². The normalized spacial score (nSPS) is 21.2. The SMILES string of the molecule is CCOC1(CC)CCC(CN2C(=O)c3ccccc3C2=O)N(C(=O)c2nc(C)sc2-c2ccc(F)cc2)C1. The highest BCUT2D eigenvalue weighted by atomic mass is 32.1. The van der Waals surface area contributed by atoms with Gasteiger partial charge in [0.05, 0.1) is 39.2 Å². The predicted molar refractivity (Wildman–Crippen MR) is 143 cm³/mol. The summed E-state index contributed by atoms with van der Waals surface area (Å²) in [5.74, 6) is -1.32. The van der Waals surface area contributed by atoms with Gasteiger partial charge in [-0.2, -0.15) is 0 Å². The van der Waals surface area contributed by atoms with E-state index in [4.69, 9.17) is 4.74 Å². The Kier molecular flexibility index (Phi) is 7.15. The van der Waals surface area contributed by atoms with Crippen LogP contribution in [0.15, 0.2) is 48.5 Å². The van der Waals surface area contributed by atoms with E-state index in [9.17, 15) is 18.8 Å². The number of hydrogen-bond acceptors (Lipinski definition) is 6. The average Bonchev–Trinajstić information content (AvgIpc) is 3.43. The molecule has 1 fully saturated rings. The number of piperidine rings is 1. The van der Waals surface area contributed by atoms with Crippen LogP contribution in [0.25, 0.3) is 10.4 Å². The lowest BCUT2D eigenvalue weighted by atomic mass is 9.85. The molecule has 5 rings (SSSR count). The Morgan fingerprint density at radius 1 is 1.11 bits per heavy atom. The summed E-state index contributed by atoms with van der Waals surface area (Å²) >= 11 is 1.38. The summed E-state index contributed by atoms with van der Waals surface area (Å²) in [6, 6.07) is 12.4. The van der Waals surface area contributed by atoms with Crippen molar-refractivity contribution in [3.63, 3.8) is 0 Å².